The lowest BCUT2D eigenvalue weighted by atomic mass is 10.1. The van der Waals surface area contributed by atoms with Crippen molar-refractivity contribution in [2.75, 3.05) is 13.2 Å². The maximum absolute atomic E-state index is 11.1. The van der Waals surface area contributed by atoms with Crippen molar-refractivity contribution in [2.24, 2.45) is 0 Å². The number of aliphatic hydroxyl groups is 2. The molecule has 206 valence electrons. The molecular formula is C24H40O11Si. The van der Waals surface area contributed by atoms with E-state index in [2.05, 4.69) is 33.9 Å². The first kappa shape index (κ1) is 31.6. The van der Waals surface area contributed by atoms with Crippen LogP contribution in [-0.4, -0.2) is 86.3 Å². The minimum absolute atomic E-state index is 0.102. The molecule has 0 aromatic heterocycles. The van der Waals surface area contributed by atoms with Crippen LogP contribution in [0.1, 0.15) is 41.5 Å². The summed E-state index contributed by atoms with van der Waals surface area (Å²) in [5.41, 5.74) is 0. The zero-order chi connectivity index (χ0) is 27.7. The minimum Gasteiger partial charge on any atom is -0.493 e. The average Bonchev–Trinajstić information content (AvgIpc) is 2.74. The van der Waals surface area contributed by atoms with Crippen molar-refractivity contribution in [3.05, 3.63) is 24.7 Å². The van der Waals surface area contributed by atoms with Gasteiger partial charge in [0.25, 0.3) is 0 Å². The van der Waals surface area contributed by atoms with Crippen LogP contribution in [0.15, 0.2) is 24.7 Å². The van der Waals surface area contributed by atoms with Crippen molar-refractivity contribution in [2.45, 2.75) is 96.3 Å². The molecule has 0 amide bonds. The molecule has 0 saturated heterocycles. The topological polar surface area (TPSA) is 147 Å². The fraction of sp³-hybridized carbons (Fsp3) is 0.708. The number of carbonyl (C=O) groups is 3. The van der Waals surface area contributed by atoms with Crippen LogP contribution in [0.3, 0.4) is 0 Å². The first-order chi connectivity index (χ1) is 16.5. The number of esters is 3. The molecular weight excluding hydrogens is 492 g/mol. The highest BCUT2D eigenvalue weighted by Gasteiger charge is 2.40. The second kappa shape index (κ2) is 13.8. The Labute approximate surface area is 213 Å². The van der Waals surface area contributed by atoms with Crippen LogP contribution in [0, 0.1) is 0 Å². The van der Waals surface area contributed by atoms with E-state index in [1.54, 1.807) is 0 Å². The van der Waals surface area contributed by atoms with Crippen molar-refractivity contribution < 1.29 is 52.7 Å². The monoisotopic (exact) mass is 532 g/mol. The third-order valence-electron chi connectivity index (χ3n) is 5.94. The Morgan fingerprint density at radius 3 is 1.94 bits per heavy atom. The fourth-order valence-corrected chi connectivity index (χ4v) is 3.89. The van der Waals surface area contributed by atoms with Gasteiger partial charge in [-0.1, -0.05) is 20.8 Å². The van der Waals surface area contributed by atoms with Gasteiger partial charge < -0.3 is 38.3 Å². The molecule has 2 heterocycles. The van der Waals surface area contributed by atoms with E-state index >= 15 is 0 Å². The van der Waals surface area contributed by atoms with E-state index in [1.165, 1.54) is 45.4 Å². The first-order valence-electron chi connectivity index (χ1n) is 11.7. The number of rotatable bonds is 7. The molecule has 6 unspecified atom stereocenters. The molecule has 2 rings (SSSR count). The molecule has 12 heteroatoms. The zero-order valence-electron chi connectivity index (χ0n) is 22.3. The average molecular weight is 533 g/mol. The van der Waals surface area contributed by atoms with Crippen LogP contribution >= 0.6 is 0 Å². The quantitative estimate of drug-likeness (QED) is 0.282. The van der Waals surface area contributed by atoms with Gasteiger partial charge in [0.1, 0.15) is 24.9 Å². The molecule has 0 bridgehead atoms. The van der Waals surface area contributed by atoms with Gasteiger partial charge in [0.05, 0.1) is 19.1 Å². The van der Waals surface area contributed by atoms with Crippen molar-refractivity contribution in [1.29, 1.82) is 0 Å². The second-order valence-corrected chi connectivity index (χ2v) is 14.8. The highest BCUT2D eigenvalue weighted by atomic mass is 28.4. The molecule has 2 N–H and O–H groups in total. The standard InChI is InChI=1S/C12H16O7.C12H24O4Si/c1-7(13)17-6-11-12(19-9(3)15)10(4-5-16-11)18-8(2)14;1-12(2,3)17(4,5)16-8-10-11(14)9(13)6-7-15-10/h4-5,10-12H,6H2,1-3H3;6-7,9-11,13-14H,8H2,1-5H3. The fourth-order valence-electron chi connectivity index (χ4n) is 2.87. The summed E-state index contributed by atoms with van der Waals surface area (Å²) in [5, 5.41) is 19.3. The van der Waals surface area contributed by atoms with E-state index in [-0.39, 0.29) is 11.6 Å². The van der Waals surface area contributed by atoms with Crippen LogP contribution < -0.4 is 0 Å². The van der Waals surface area contributed by atoms with Crippen molar-refractivity contribution in [3.8, 4) is 0 Å². The number of ether oxygens (including phenoxy) is 5. The highest BCUT2D eigenvalue weighted by molar-refractivity contribution is 6.74. The SMILES string of the molecule is CC(=O)OCC1OC=CC(OC(C)=O)C1OC(C)=O.CC(C)(C)[Si](C)(C)OCC1OC=CC(O)C1O. The molecule has 0 radical (unpaired) electrons. The molecule has 2 aliphatic heterocycles. The third kappa shape index (κ3) is 10.3. The van der Waals surface area contributed by atoms with Gasteiger partial charge in [-0.3, -0.25) is 14.4 Å². The van der Waals surface area contributed by atoms with Gasteiger partial charge in [0.2, 0.25) is 0 Å². The number of carbonyl (C=O) groups excluding carboxylic acids is 3. The maximum atomic E-state index is 11.1. The second-order valence-electron chi connectivity index (χ2n) is 10.0. The Bertz CT molecular complexity index is 802. The Morgan fingerprint density at radius 1 is 0.861 bits per heavy atom. The van der Waals surface area contributed by atoms with Crippen LogP contribution in [-0.2, 0) is 42.5 Å². The van der Waals surface area contributed by atoms with Gasteiger partial charge >= 0.3 is 17.9 Å². The van der Waals surface area contributed by atoms with Crippen LogP contribution in [0.5, 0.6) is 0 Å². The Morgan fingerprint density at radius 2 is 1.42 bits per heavy atom. The minimum atomic E-state index is -1.84. The predicted octanol–water partition coefficient (Wildman–Crippen LogP) is 1.97. The Kier molecular flexibility index (Phi) is 12.1. The lowest BCUT2D eigenvalue weighted by Gasteiger charge is -2.38. The summed E-state index contributed by atoms with van der Waals surface area (Å²) in [7, 11) is -1.84. The molecule has 0 aliphatic carbocycles. The lowest BCUT2D eigenvalue weighted by molar-refractivity contribution is -0.178. The van der Waals surface area contributed by atoms with Crippen LogP contribution in [0.4, 0.5) is 0 Å². The van der Waals surface area contributed by atoms with Gasteiger partial charge in [0.15, 0.2) is 26.6 Å². The summed E-state index contributed by atoms with van der Waals surface area (Å²) in [6, 6.07) is 0. The highest BCUT2D eigenvalue weighted by Crippen LogP contribution is 2.36. The third-order valence-corrected chi connectivity index (χ3v) is 10.4. The van der Waals surface area contributed by atoms with E-state index in [0.29, 0.717) is 6.61 Å². The molecule has 11 nitrogen and oxygen atoms in total. The van der Waals surface area contributed by atoms with Gasteiger partial charge in [-0.15, -0.1) is 0 Å². The molecule has 0 aromatic carbocycles. The van der Waals surface area contributed by atoms with E-state index < -0.39 is 62.8 Å². The predicted molar refractivity (Wildman–Crippen MR) is 131 cm³/mol. The maximum Gasteiger partial charge on any atom is 0.303 e. The van der Waals surface area contributed by atoms with Gasteiger partial charge in [-0.05, 0) is 30.3 Å². The number of hydrogen-bond donors (Lipinski definition) is 2. The van der Waals surface area contributed by atoms with E-state index in [1.807, 2.05) is 0 Å². The Balaban J connectivity index is 0.000000362. The van der Waals surface area contributed by atoms with Crippen molar-refractivity contribution in [1.82, 2.24) is 0 Å². The van der Waals surface area contributed by atoms with E-state index in [9.17, 15) is 24.6 Å². The molecule has 2 aliphatic rings. The lowest BCUT2D eigenvalue weighted by Crippen LogP contribution is -2.48. The van der Waals surface area contributed by atoms with E-state index in [4.69, 9.17) is 28.1 Å². The summed E-state index contributed by atoms with van der Waals surface area (Å²) in [6.07, 6.45) is 1.04. The summed E-state index contributed by atoms with van der Waals surface area (Å²) < 4.78 is 31.4. The normalized spacial score (nSPS) is 27.5. The summed E-state index contributed by atoms with van der Waals surface area (Å²) in [4.78, 5) is 32.9. The molecule has 6 atom stereocenters. The van der Waals surface area contributed by atoms with Crippen LogP contribution in [0.2, 0.25) is 18.1 Å². The summed E-state index contributed by atoms with van der Waals surface area (Å²) >= 11 is 0. The van der Waals surface area contributed by atoms with Crippen molar-refractivity contribution in [3.63, 3.8) is 0 Å². The molecule has 36 heavy (non-hydrogen) atoms. The zero-order valence-corrected chi connectivity index (χ0v) is 23.3. The molecule has 0 saturated carbocycles. The summed E-state index contributed by atoms with van der Waals surface area (Å²) in [6.45, 7) is 14.7. The first-order valence-corrected chi connectivity index (χ1v) is 14.6. The van der Waals surface area contributed by atoms with E-state index in [0.717, 1.165) is 0 Å². The van der Waals surface area contributed by atoms with Gasteiger partial charge in [-0.25, -0.2) is 0 Å². The van der Waals surface area contributed by atoms with Crippen molar-refractivity contribution >= 4 is 26.2 Å². The Hall–Kier alpha value is -2.41. The van der Waals surface area contributed by atoms with Crippen LogP contribution in [0.25, 0.3) is 0 Å². The number of hydrogen-bond acceptors (Lipinski definition) is 11. The summed E-state index contributed by atoms with van der Waals surface area (Å²) in [5.74, 6) is -1.54. The smallest absolute Gasteiger partial charge is 0.303 e. The molecule has 0 fully saturated rings. The van der Waals surface area contributed by atoms with Gasteiger partial charge in [0, 0.05) is 20.8 Å². The van der Waals surface area contributed by atoms with Gasteiger partial charge in [-0.2, -0.15) is 0 Å². The molecule has 0 aromatic rings. The molecule has 0 spiro atoms. The largest absolute Gasteiger partial charge is 0.493 e. The number of aliphatic hydroxyl groups excluding tert-OH is 2.